The summed E-state index contributed by atoms with van der Waals surface area (Å²) < 4.78 is 5.35. The SMILES string of the molecule is CC1=CCc2ccoc2CC1. The van der Waals surface area contributed by atoms with Crippen molar-refractivity contribution in [3.05, 3.63) is 35.3 Å². The summed E-state index contributed by atoms with van der Waals surface area (Å²) in [5.74, 6) is 1.18. The molecule has 1 heterocycles. The summed E-state index contributed by atoms with van der Waals surface area (Å²) in [4.78, 5) is 0. The van der Waals surface area contributed by atoms with Gasteiger partial charge >= 0.3 is 0 Å². The molecular formula is C10H12O. The molecule has 0 amide bonds. The molecule has 0 saturated carbocycles. The molecule has 2 rings (SSSR count). The van der Waals surface area contributed by atoms with Gasteiger partial charge in [0.15, 0.2) is 0 Å². The van der Waals surface area contributed by atoms with Crippen LogP contribution in [0.5, 0.6) is 0 Å². The van der Waals surface area contributed by atoms with Gasteiger partial charge in [0.1, 0.15) is 5.76 Å². The van der Waals surface area contributed by atoms with E-state index in [4.69, 9.17) is 4.42 Å². The first-order chi connectivity index (χ1) is 5.36. The average Bonchev–Trinajstić information content (AvgIpc) is 2.38. The summed E-state index contributed by atoms with van der Waals surface area (Å²) in [6.45, 7) is 2.19. The van der Waals surface area contributed by atoms with Crippen LogP contribution in [-0.2, 0) is 12.8 Å². The topological polar surface area (TPSA) is 13.1 Å². The van der Waals surface area contributed by atoms with Gasteiger partial charge in [-0.05, 0) is 31.4 Å². The molecule has 58 valence electrons. The van der Waals surface area contributed by atoms with Crippen molar-refractivity contribution in [3.63, 3.8) is 0 Å². The van der Waals surface area contributed by atoms with E-state index in [1.165, 1.54) is 16.9 Å². The van der Waals surface area contributed by atoms with Crippen molar-refractivity contribution in [2.45, 2.75) is 26.2 Å². The van der Waals surface area contributed by atoms with E-state index >= 15 is 0 Å². The summed E-state index contributed by atoms with van der Waals surface area (Å²) in [5.41, 5.74) is 2.85. The van der Waals surface area contributed by atoms with E-state index in [-0.39, 0.29) is 0 Å². The Balaban J connectivity index is 2.32. The number of hydrogen-bond acceptors (Lipinski definition) is 1. The lowest BCUT2D eigenvalue weighted by Crippen LogP contribution is -1.83. The Hall–Kier alpha value is -0.980. The molecule has 0 aromatic carbocycles. The van der Waals surface area contributed by atoms with Crippen molar-refractivity contribution in [3.8, 4) is 0 Å². The highest BCUT2D eigenvalue weighted by Gasteiger charge is 2.08. The number of aryl methyl sites for hydroxylation is 1. The molecule has 0 bridgehead atoms. The van der Waals surface area contributed by atoms with Gasteiger partial charge in [0, 0.05) is 6.42 Å². The third-order valence-electron chi connectivity index (χ3n) is 2.25. The van der Waals surface area contributed by atoms with E-state index in [1.807, 2.05) is 0 Å². The quantitative estimate of drug-likeness (QED) is 0.515. The molecule has 0 saturated heterocycles. The molecule has 11 heavy (non-hydrogen) atoms. The van der Waals surface area contributed by atoms with Crippen molar-refractivity contribution in [1.29, 1.82) is 0 Å². The minimum atomic E-state index is 1.05. The van der Waals surface area contributed by atoms with Crippen LogP contribution >= 0.6 is 0 Å². The van der Waals surface area contributed by atoms with Crippen LogP contribution in [0.25, 0.3) is 0 Å². The van der Waals surface area contributed by atoms with Crippen LogP contribution < -0.4 is 0 Å². The molecule has 1 aliphatic rings. The molecule has 0 unspecified atom stereocenters. The number of furan rings is 1. The zero-order valence-electron chi connectivity index (χ0n) is 6.76. The largest absolute Gasteiger partial charge is 0.469 e. The molecule has 1 aromatic heterocycles. The smallest absolute Gasteiger partial charge is 0.107 e. The van der Waals surface area contributed by atoms with Crippen LogP contribution in [-0.4, -0.2) is 0 Å². The number of hydrogen-bond donors (Lipinski definition) is 0. The lowest BCUT2D eigenvalue weighted by molar-refractivity contribution is 0.506. The number of allylic oxidation sites excluding steroid dienone is 2. The van der Waals surface area contributed by atoms with Crippen LogP contribution in [0.2, 0.25) is 0 Å². The van der Waals surface area contributed by atoms with Gasteiger partial charge in [0.05, 0.1) is 6.26 Å². The third kappa shape index (κ3) is 1.23. The van der Waals surface area contributed by atoms with E-state index in [1.54, 1.807) is 6.26 Å². The minimum Gasteiger partial charge on any atom is -0.469 e. The highest BCUT2D eigenvalue weighted by atomic mass is 16.3. The van der Waals surface area contributed by atoms with Gasteiger partial charge in [-0.1, -0.05) is 11.6 Å². The summed E-state index contributed by atoms with van der Waals surface area (Å²) in [6, 6.07) is 2.07. The van der Waals surface area contributed by atoms with E-state index in [2.05, 4.69) is 19.1 Å². The van der Waals surface area contributed by atoms with Crippen molar-refractivity contribution in [2.24, 2.45) is 0 Å². The molecule has 0 atom stereocenters. The normalized spacial score (nSPS) is 17.0. The Morgan fingerprint density at radius 2 is 2.27 bits per heavy atom. The van der Waals surface area contributed by atoms with Crippen LogP contribution in [0.15, 0.2) is 28.4 Å². The van der Waals surface area contributed by atoms with Crippen LogP contribution in [0.3, 0.4) is 0 Å². The second-order valence-electron chi connectivity index (χ2n) is 3.12. The fourth-order valence-electron chi connectivity index (χ4n) is 1.47. The molecular weight excluding hydrogens is 136 g/mol. The maximum absolute atomic E-state index is 5.35. The van der Waals surface area contributed by atoms with Gasteiger partial charge in [-0.15, -0.1) is 0 Å². The first kappa shape index (κ1) is 6.71. The Kier molecular flexibility index (Phi) is 1.57. The Morgan fingerprint density at radius 3 is 3.18 bits per heavy atom. The fraction of sp³-hybridized carbons (Fsp3) is 0.400. The summed E-state index contributed by atoms with van der Waals surface area (Å²) in [7, 11) is 0. The van der Waals surface area contributed by atoms with Gasteiger partial charge in [0.25, 0.3) is 0 Å². The fourth-order valence-corrected chi connectivity index (χ4v) is 1.47. The molecule has 1 aromatic rings. The monoisotopic (exact) mass is 148 g/mol. The van der Waals surface area contributed by atoms with E-state index in [0.717, 1.165) is 19.3 Å². The molecule has 0 N–H and O–H groups in total. The lowest BCUT2D eigenvalue weighted by atomic mass is 10.1. The van der Waals surface area contributed by atoms with Crippen LogP contribution in [0.4, 0.5) is 0 Å². The van der Waals surface area contributed by atoms with Crippen LogP contribution in [0.1, 0.15) is 24.7 Å². The first-order valence-electron chi connectivity index (χ1n) is 4.07. The van der Waals surface area contributed by atoms with E-state index < -0.39 is 0 Å². The summed E-state index contributed by atoms with van der Waals surface area (Å²) in [5, 5.41) is 0. The lowest BCUT2D eigenvalue weighted by Gasteiger charge is -1.94. The second-order valence-corrected chi connectivity index (χ2v) is 3.12. The predicted molar refractivity (Wildman–Crippen MR) is 44.5 cm³/mol. The van der Waals surface area contributed by atoms with Gasteiger partial charge in [0.2, 0.25) is 0 Å². The van der Waals surface area contributed by atoms with E-state index in [0.29, 0.717) is 0 Å². The average molecular weight is 148 g/mol. The Bertz CT molecular complexity index is 281. The van der Waals surface area contributed by atoms with E-state index in [9.17, 15) is 0 Å². The second kappa shape index (κ2) is 2.57. The Labute approximate surface area is 66.7 Å². The zero-order valence-corrected chi connectivity index (χ0v) is 6.76. The first-order valence-corrected chi connectivity index (χ1v) is 4.07. The van der Waals surface area contributed by atoms with Gasteiger partial charge in [-0.2, -0.15) is 0 Å². The van der Waals surface area contributed by atoms with Crippen molar-refractivity contribution in [2.75, 3.05) is 0 Å². The Morgan fingerprint density at radius 1 is 1.36 bits per heavy atom. The molecule has 0 fully saturated rings. The number of fused-ring (bicyclic) bond motifs is 1. The predicted octanol–water partition coefficient (Wildman–Crippen LogP) is 2.71. The van der Waals surface area contributed by atoms with Crippen molar-refractivity contribution in [1.82, 2.24) is 0 Å². The molecule has 0 aliphatic heterocycles. The minimum absolute atomic E-state index is 1.05. The van der Waals surface area contributed by atoms with Crippen molar-refractivity contribution >= 4 is 0 Å². The van der Waals surface area contributed by atoms with Crippen molar-refractivity contribution < 1.29 is 4.42 Å². The highest BCUT2D eigenvalue weighted by molar-refractivity contribution is 5.24. The standard InChI is InChI=1S/C10H12O/c1-8-2-4-9-6-7-11-10(9)5-3-8/h2,6-7H,3-5H2,1H3. The summed E-state index contributed by atoms with van der Waals surface area (Å²) in [6.07, 6.45) is 7.36. The summed E-state index contributed by atoms with van der Waals surface area (Å²) >= 11 is 0. The van der Waals surface area contributed by atoms with Gasteiger partial charge < -0.3 is 4.42 Å². The number of rotatable bonds is 0. The zero-order chi connectivity index (χ0) is 7.68. The van der Waals surface area contributed by atoms with Gasteiger partial charge in [-0.25, -0.2) is 0 Å². The maximum atomic E-state index is 5.35. The maximum Gasteiger partial charge on any atom is 0.107 e. The van der Waals surface area contributed by atoms with Gasteiger partial charge in [-0.3, -0.25) is 0 Å². The van der Waals surface area contributed by atoms with Crippen LogP contribution in [0, 0.1) is 0 Å². The molecule has 0 radical (unpaired) electrons. The highest BCUT2D eigenvalue weighted by Crippen LogP contribution is 2.20. The molecule has 1 heteroatoms. The molecule has 1 nitrogen and oxygen atoms in total. The molecule has 0 spiro atoms. The third-order valence-corrected chi connectivity index (χ3v) is 2.25. The molecule has 1 aliphatic carbocycles.